The molecule has 178 valence electrons. The fraction of sp³-hybridized carbons (Fsp3) is 0.364. The topological polar surface area (TPSA) is 69.9 Å². The first-order chi connectivity index (χ1) is 15.2. The van der Waals surface area contributed by atoms with Crippen LogP contribution in [0.25, 0.3) is 0 Å². The molecule has 11 heteroatoms. The number of urea groups is 1. The molecule has 0 saturated carbocycles. The van der Waals surface area contributed by atoms with Crippen molar-refractivity contribution < 1.29 is 22.8 Å². The van der Waals surface area contributed by atoms with Crippen molar-refractivity contribution in [1.82, 2.24) is 9.80 Å². The van der Waals surface area contributed by atoms with Crippen molar-refractivity contribution in [3.05, 3.63) is 64.4 Å². The Bertz CT molecular complexity index is 1040. The summed E-state index contributed by atoms with van der Waals surface area (Å²) in [6.45, 7) is 1.56. The van der Waals surface area contributed by atoms with Crippen LogP contribution in [0.3, 0.4) is 0 Å². The zero-order valence-electron chi connectivity index (χ0n) is 17.5. The predicted octanol–water partition coefficient (Wildman–Crippen LogP) is 3.59. The number of benzene rings is 2. The van der Waals surface area contributed by atoms with Gasteiger partial charge in [0.1, 0.15) is 5.82 Å². The number of hydrogen-bond donors (Lipinski definition) is 1. The van der Waals surface area contributed by atoms with Gasteiger partial charge in [-0.25, -0.2) is 18.0 Å². The largest absolute Gasteiger partial charge is 0.339 e. The molecule has 2 heterocycles. The van der Waals surface area contributed by atoms with E-state index in [4.69, 9.17) is 17.3 Å². The Hall–Kier alpha value is -2.49. The van der Waals surface area contributed by atoms with E-state index < -0.39 is 23.5 Å². The van der Waals surface area contributed by atoms with Crippen molar-refractivity contribution in [2.45, 2.75) is 24.9 Å². The first kappa shape index (κ1) is 25.1. The molecular weight excluding hydrogens is 480 g/mol. The smallest absolute Gasteiger partial charge is 0.324 e. The molecule has 0 bridgehead atoms. The van der Waals surface area contributed by atoms with E-state index in [2.05, 4.69) is 0 Å². The van der Waals surface area contributed by atoms with Gasteiger partial charge in [-0.15, -0.1) is 12.4 Å². The van der Waals surface area contributed by atoms with E-state index in [0.29, 0.717) is 37.3 Å². The van der Waals surface area contributed by atoms with E-state index in [0.717, 1.165) is 11.8 Å². The van der Waals surface area contributed by atoms with Crippen LogP contribution in [0.4, 0.5) is 23.7 Å². The molecular formula is C22H23Cl2F3N4O2. The quantitative estimate of drug-likeness (QED) is 0.635. The maximum atomic E-state index is 13.9. The minimum absolute atomic E-state index is 0. The average molecular weight is 503 g/mol. The lowest BCUT2D eigenvalue weighted by atomic mass is 10.0. The van der Waals surface area contributed by atoms with E-state index in [1.54, 1.807) is 39.0 Å². The Balaban J connectivity index is 0.00000306. The van der Waals surface area contributed by atoms with Gasteiger partial charge in [-0.1, -0.05) is 11.6 Å². The standard InChI is InChI=1S/C22H22ClF3N4O2.ClH/c23-14-1-3-16(4-2-14)30-12-17-11-28(5-6-29(17)22(30)32)21(31)9-15(27)7-13-8-19(25)20(26)10-18(13)24;/h1-4,8,10,15,17H,5-7,9,11-12,27H2;1H/t15-,17?;/m1./s1. The summed E-state index contributed by atoms with van der Waals surface area (Å²) in [5.41, 5.74) is 6.66. The van der Waals surface area contributed by atoms with Crippen LogP contribution in [0.1, 0.15) is 12.0 Å². The highest BCUT2D eigenvalue weighted by Crippen LogP contribution is 2.27. The zero-order chi connectivity index (χ0) is 23.0. The molecule has 2 aromatic carbocycles. The molecule has 0 radical (unpaired) electrons. The minimum Gasteiger partial charge on any atom is -0.339 e. The van der Waals surface area contributed by atoms with Crippen molar-refractivity contribution in [3.8, 4) is 0 Å². The Morgan fingerprint density at radius 1 is 1.06 bits per heavy atom. The summed E-state index contributed by atoms with van der Waals surface area (Å²) in [4.78, 5) is 30.6. The van der Waals surface area contributed by atoms with Crippen LogP contribution in [-0.2, 0) is 11.2 Å². The fourth-order valence-corrected chi connectivity index (χ4v) is 4.32. The number of anilines is 1. The van der Waals surface area contributed by atoms with Crippen LogP contribution in [-0.4, -0.2) is 60.0 Å². The molecule has 0 aromatic heterocycles. The minimum atomic E-state index is -1.27. The molecule has 2 atom stereocenters. The number of carbonyl (C=O) groups is 2. The molecule has 0 spiro atoms. The molecule has 1 unspecified atom stereocenters. The average Bonchev–Trinajstić information content (AvgIpc) is 3.08. The van der Waals surface area contributed by atoms with Gasteiger partial charge in [0, 0.05) is 55.4 Å². The summed E-state index contributed by atoms with van der Waals surface area (Å²) in [6.07, 6.45) is -0.166. The Morgan fingerprint density at radius 3 is 2.42 bits per heavy atom. The number of nitrogens with zero attached hydrogens (tertiary/aromatic N) is 3. The second-order valence-electron chi connectivity index (χ2n) is 8.08. The molecule has 0 aliphatic carbocycles. The van der Waals surface area contributed by atoms with Crippen molar-refractivity contribution >= 4 is 41.6 Å². The highest BCUT2D eigenvalue weighted by molar-refractivity contribution is 6.30. The number of piperazine rings is 1. The Morgan fingerprint density at radius 2 is 1.73 bits per heavy atom. The Labute approximate surface area is 200 Å². The van der Waals surface area contributed by atoms with Gasteiger partial charge in [0.15, 0.2) is 11.6 Å². The molecule has 2 saturated heterocycles. The predicted molar refractivity (Wildman–Crippen MR) is 121 cm³/mol. The number of nitrogens with two attached hydrogens (primary N) is 1. The van der Waals surface area contributed by atoms with Crippen LogP contribution in [0.15, 0.2) is 36.4 Å². The molecule has 6 nitrogen and oxygen atoms in total. The third kappa shape index (κ3) is 5.37. The van der Waals surface area contributed by atoms with Gasteiger partial charge >= 0.3 is 6.03 Å². The number of halogens is 5. The van der Waals surface area contributed by atoms with Crippen LogP contribution >= 0.6 is 24.0 Å². The van der Waals surface area contributed by atoms with E-state index in [9.17, 15) is 22.8 Å². The van der Waals surface area contributed by atoms with Crippen LogP contribution in [0.5, 0.6) is 0 Å². The first-order valence-electron chi connectivity index (χ1n) is 10.2. The monoisotopic (exact) mass is 502 g/mol. The molecule has 2 N–H and O–H groups in total. The van der Waals surface area contributed by atoms with Crippen molar-refractivity contribution in [3.63, 3.8) is 0 Å². The maximum Gasteiger partial charge on any atom is 0.324 e. The van der Waals surface area contributed by atoms with Gasteiger partial charge in [-0.3, -0.25) is 9.69 Å². The lowest BCUT2D eigenvalue weighted by Crippen LogP contribution is -2.54. The number of carbonyl (C=O) groups excluding carboxylic acids is 2. The summed E-state index contributed by atoms with van der Waals surface area (Å²) in [6, 6.07) is 7.20. The number of rotatable bonds is 5. The normalized spacial score (nSPS) is 18.8. The van der Waals surface area contributed by atoms with E-state index >= 15 is 0 Å². The summed E-state index contributed by atoms with van der Waals surface area (Å²) >= 11 is 5.92. The highest BCUT2D eigenvalue weighted by atomic mass is 35.5. The third-order valence-electron chi connectivity index (χ3n) is 5.85. The second-order valence-corrected chi connectivity index (χ2v) is 8.52. The number of fused-ring (bicyclic) bond motifs is 1. The van der Waals surface area contributed by atoms with Crippen molar-refractivity contribution in [2.24, 2.45) is 5.73 Å². The van der Waals surface area contributed by atoms with Gasteiger partial charge in [0.05, 0.1) is 6.04 Å². The third-order valence-corrected chi connectivity index (χ3v) is 6.10. The highest BCUT2D eigenvalue weighted by Gasteiger charge is 2.42. The molecule has 3 amide bonds. The van der Waals surface area contributed by atoms with Crippen LogP contribution < -0.4 is 10.6 Å². The summed E-state index contributed by atoms with van der Waals surface area (Å²) < 4.78 is 40.3. The maximum absolute atomic E-state index is 13.9. The Kier molecular flexibility index (Phi) is 7.76. The van der Waals surface area contributed by atoms with Gasteiger partial charge in [-0.05, 0) is 42.3 Å². The molecule has 2 aromatic rings. The molecule has 2 fully saturated rings. The van der Waals surface area contributed by atoms with Gasteiger partial charge < -0.3 is 15.5 Å². The molecule has 4 rings (SSSR count). The van der Waals surface area contributed by atoms with Crippen LogP contribution in [0.2, 0.25) is 5.02 Å². The van der Waals surface area contributed by atoms with Crippen molar-refractivity contribution in [1.29, 1.82) is 0 Å². The summed E-state index contributed by atoms with van der Waals surface area (Å²) in [5, 5.41) is 0.578. The van der Waals surface area contributed by atoms with Gasteiger partial charge in [-0.2, -0.15) is 0 Å². The van der Waals surface area contributed by atoms with Crippen LogP contribution in [0, 0.1) is 17.5 Å². The van der Waals surface area contributed by atoms with E-state index in [1.807, 2.05) is 0 Å². The zero-order valence-corrected chi connectivity index (χ0v) is 19.1. The summed E-state index contributed by atoms with van der Waals surface area (Å²) in [5.74, 6) is -3.55. The van der Waals surface area contributed by atoms with Gasteiger partial charge in [0.2, 0.25) is 5.91 Å². The fourth-order valence-electron chi connectivity index (χ4n) is 4.20. The van der Waals surface area contributed by atoms with Gasteiger partial charge in [0.25, 0.3) is 0 Å². The summed E-state index contributed by atoms with van der Waals surface area (Å²) in [7, 11) is 0. The van der Waals surface area contributed by atoms with E-state index in [-0.39, 0.29) is 48.8 Å². The molecule has 2 aliphatic rings. The number of amides is 3. The SMILES string of the molecule is Cl.N[C@@H](CC(=O)N1CCN2C(=O)N(c3ccc(Cl)cc3)CC2C1)Cc1cc(F)c(F)cc1F. The number of hydrogen-bond acceptors (Lipinski definition) is 3. The molecule has 33 heavy (non-hydrogen) atoms. The lowest BCUT2D eigenvalue weighted by Gasteiger charge is -2.36. The van der Waals surface area contributed by atoms with Crippen molar-refractivity contribution in [2.75, 3.05) is 31.1 Å². The van der Waals surface area contributed by atoms with E-state index in [1.165, 1.54) is 0 Å². The lowest BCUT2D eigenvalue weighted by molar-refractivity contribution is -0.133. The molecule has 2 aliphatic heterocycles. The second kappa shape index (κ2) is 10.2. The first-order valence-corrected chi connectivity index (χ1v) is 10.6.